The average molecular weight is 532 g/mol. The Bertz CT molecular complexity index is 856. The maximum atomic E-state index is 2.45. The van der Waals surface area contributed by atoms with Crippen LogP contribution in [-0.2, 0) is 10.8 Å². The molecule has 1 aliphatic rings. The summed E-state index contributed by atoms with van der Waals surface area (Å²) in [5.74, 6) is 0. The van der Waals surface area contributed by atoms with E-state index in [0.717, 1.165) is 0 Å². The third kappa shape index (κ3) is 7.51. The van der Waals surface area contributed by atoms with E-state index in [0.29, 0.717) is 0 Å². The molecule has 31 heavy (non-hydrogen) atoms. The van der Waals surface area contributed by atoms with Gasteiger partial charge in [-0.2, -0.15) is 0 Å². The molecule has 1 heterocycles. The normalized spacial score (nSPS) is 16.5. The van der Waals surface area contributed by atoms with E-state index in [-0.39, 0.29) is 42.6 Å². The third-order valence-corrected chi connectivity index (χ3v) is 11.0. The van der Waals surface area contributed by atoms with Crippen molar-refractivity contribution < 1.29 is 0 Å². The first-order valence-electron chi connectivity index (χ1n) is 11.5. The molecule has 1 aromatic rings. The van der Waals surface area contributed by atoms with Gasteiger partial charge in [0, 0.05) is 0 Å². The van der Waals surface area contributed by atoms with Crippen LogP contribution in [0.5, 0.6) is 0 Å². The van der Waals surface area contributed by atoms with Gasteiger partial charge in [0.25, 0.3) is 0 Å². The van der Waals surface area contributed by atoms with Crippen LogP contribution >= 0.6 is 0 Å². The molecule has 2 rings (SSSR count). The van der Waals surface area contributed by atoms with Crippen molar-refractivity contribution in [2.24, 2.45) is 10.8 Å². The molecule has 0 nitrogen and oxygen atoms in total. The Morgan fingerprint density at radius 3 is 1.35 bits per heavy atom. The molecule has 0 bridgehead atoms. The Hall–Kier alpha value is -1.03. The molecule has 1 heteroatoms. The van der Waals surface area contributed by atoms with Gasteiger partial charge in [-0.3, -0.25) is 0 Å². The molecule has 170 valence electrons. The molecule has 0 N–H and O–H groups in total. The third-order valence-electron chi connectivity index (χ3n) is 5.56. The molecule has 0 fully saturated rings. The Morgan fingerprint density at radius 2 is 1.00 bits per heavy atom. The van der Waals surface area contributed by atoms with E-state index in [2.05, 4.69) is 132 Å². The van der Waals surface area contributed by atoms with Crippen molar-refractivity contribution >= 4 is 27.0 Å². The summed E-state index contributed by atoms with van der Waals surface area (Å²) in [6.45, 7) is 27.9. The van der Waals surface area contributed by atoms with E-state index in [4.69, 9.17) is 0 Å². The minimum absolute atomic E-state index is 0.144. The van der Waals surface area contributed by atoms with E-state index >= 15 is 0 Å². The van der Waals surface area contributed by atoms with Crippen molar-refractivity contribution in [1.29, 1.82) is 0 Å². The Labute approximate surface area is 203 Å². The van der Waals surface area contributed by atoms with Crippen molar-refractivity contribution in [1.82, 2.24) is 0 Å². The van der Waals surface area contributed by atoms with Crippen LogP contribution in [0.1, 0.15) is 99.8 Å². The molecule has 0 spiro atoms. The molecule has 1 aliphatic heterocycles. The number of benzene rings is 1. The summed E-state index contributed by atoms with van der Waals surface area (Å²) in [6.07, 6.45) is 11.7. The Kier molecular flexibility index (Phi) is 7.68. The predicted octanol–water partition coefficient (Wildman–Crippen LogP) is 8.80. The summed E-state index contributed by atoms with van der Waals surface area (Å²) in [6, 6.07) is 7.09. The van der Waals surface area contributed by atoms with Crippen LogP contribution in [0.3, 0.4) is 0 Å². The van der Waals surface area contributed by atoms with E-state index in [1.165, 1.54) is 22.3 Å². The Balaban J connectivity index is 2.47. The first-order chi connectivity index (χ1) is 13.9. The fourth-order valence-corrected chi connectivity index (χ4v) is 6.78. The van der Waals surface area contributed by atoms with Crippen molar-refractivity contribution in [2.45, 2.75) is 93.9 Å². The van der Waals surface area contributed by atoms with Gasteiger partial charge in [-0.15, -0.1) is 0 Å². The molecule has 0 saturated heterocycles. The van der Waals surface area contributed by atoms with Crippen molar-refractivity contribution in [2.75, 3.05) is 0 Å². The SMILES string of the molecule is CC(C)(C)C1=CC(=C/C=C/c2cc(C(C)(C)C)cc(C(C)(C)C)c2)C=C(C(C)(C)C)[Te]1. The van der Waals surface area contributed by atoms with Gasteiger partial charge in [-0.25, -0.2) is 0 Å². The average Bonchev–Trinajstić information content (AvgIpc) is 2.58. The predicted molar refractivity (Wildman–Crippen MR) is 142 cm³/mol. The molecule has 0 radical (unpaired) electrons. The standard InChI is InChI=1S/C30H44Te/c1-27(2,3)23-16-21(17-24(20-23)28(4,5)6)14-13-15-22-18-25(29(7,8)9)31-26(19-22)30(10,11)12/h13-20H,1-12H3/b14-13+. The molecule has 0 saturated carbocycles. The second-order valence-corrected chi connectivity index (χ2v) is 16.1. The van der Waals surface area contributed by atoms with Crippen LogP contribution in [0.25, 0.3) is 6.08 Å². The molecular formula is C30H44Te. The number of hydrogen-bond donors (Lipinski definition) is 0. The van der Waals surface area contributed by atoms with Gasteiger partial charge in [0.1, 0.15) is 0 Å². The summed E-state index contributed by atoms with van der Waals surface area (Å²) >= 11 is -0.270. The molecule has 0 unspecified atom stereocenters. The molecule has 0 aromatic heterocycles. The second-order valence-electron chi connectivity index (χ2n) is 13.0. The second kappa shape index (κ2) is 9.08. The summed E-state index contributed by atoms with van der Waals surface area (Å²) in [4.78, 5) is 0. The van der Waals surface area contributed by atoms with Crippen LogP contribution in [0.2, 0.25) is 0 Å². The molecule has 1 aromatic carbocycles. The first-order valence-corrected chi connectivity index (χ1v) is 13.9. The zero-order valence-corrected chi connectivity index (χ0v) is 24.4. The van der Waals surface area contributed by atoms with Gasteiger partial charge in [-0.05, 0) is 0 Å². The van der Waals surface area contributed by atoms with Crippen LogP contribution in [0.15, 0.2) is 55.3 Å². The van der Waals surface area contributed by atoms with E-state index in [9.17, 15) is 0 Å². The first kappa shape index (κ1) is 26.2. The zero-order valence-electron chi connectivity index (χ0n) is 22.0. The van der Waals surface area contributed by atoms with E-state index in [1.807, 2.05) is 0 Å². The van der Waals surface area contributed by atoms with Gasteiger partial charge < -0.3 is 0 Å². The summed E-state index contributed by atoms with van der Waals surface area (Å²) in [5, 5.41) is 0. The summed E-state index contributed by atoms with van der Waals surface area (Å²) < 4.78 is 3.30. The van der Waals surface area contributed by atoms with E-state index < -0.39 is 0 Å². The maximum absolute atomic E-state index is 2.45. The van der Waals surface area contributed by atoms with Crippen LogP contribution in [0, 0.1) is 10.8 Å². The van der Waals surface area contributed by atoms with Gasteiger partial charge in [0.15, 0.2) is 0 Å². The molecule has 0 amide bonds. The van der Waals surface area contributed by atoms with Crippen molar-refractivity contribution in [3.05, 3.63) is 72.0 Å². The van der Waals surface area contributed by atoms with Gasteiger partial charge >= 0.3 is 204 Å². The summed E-state index contributed by atoms with van der Waals surface area (Å²) in [7, 11) is 0. The van der Waals surface area contributed by atoms with Gasteiger partial charge in [0.2, 0.25) is 0 Å². The fourth-order valence-electron chi connectivity index (χ4n) is 3.24. The monoisotopic (exact) mass is 534 g/mol. The van der Waals surface area contributed by atoms with Gasteiger partial charge in [-0.1, -0.05) is 0 Å². The number of hydrogen-bond acceptors (Lipinski definition) is 0. The topological polar surface area (TPSA) is 0 Å². The molecular weight excluding hydrogens is 488 g/mol. The number of allylic oxidation sites excluding steroid dienone is 7. The molecule has 0 aliphatic carbocycles. The van der Waals surface area contributed by atoms with E-state index in [1.54, 1.807) is 7.24 Å². The van der Waals surface area contributed by atoms with Crippen molar-refractivity contribution in [3.63, 3.8) is 0 Å². The minimum atomic E-state index is -0.270. The summed E-state index contributed by atoms with van der Waals surface area (Å²) in [5.41, 5.74) is 6.22. The van der Waals surface area contributed by atoms with Crippen LogP contribution < -0.4 is 0 Å². The zero-order chi connectivity index (χ0) is 23.8. The van der Waals surface area contributed by atoms with Crippen LogP contribution in [-0.4, -0.2) is 20.9 Å². The molecule has 0 atom stereocenters. The van der Waals surface area contributed by atoms with Gasteiger partial charge in [0.05, 0.1) is 0 Å². The van der Waals surface area contributed by atoms with Crippen molar-refractivity contribution in [3.8, 4) is 0 Å². The van der Waals surface area contributed by atoms with Crippen LogP contribution in [0.4, 0.5) is 0 Å². The fraction of sp³-hybridized carbons (Fsp3) is 0.533. The number of rotatable bonds is 2. The quantitative estimate of drug-likeness (QED) is 0.334. The Morgan fingerprint density at radius 1 is 0.581 bits per heavy atom.